The summed E-state index contributed by atoms with van der Waals surface area (Å²) >= 11 is 0. The highest BCUT2D eigenvalue weighted by Crippen LogP contribution is 2.26. The zero-order valence-electron chi connectivity index (χ0n) is 9.30. The molecule has 0 spiro atoms. The highest BCUT2D eigenvalue weighted by atomic mass is 19.3. The largest absolute Gasteiger partial charge is 0.387 e. The molecule has 3 nitrogen and oxygen atoms in total. The number of alkyl halides is 2. The molecular formula is C10H19F2NO2. The molecule has 1 aliphatic heterocycles. The van der Waals surface area contributed by atoms with Crippen molar-refractivity contribution in [2.24, 2.45) is 0 Å². The summed E-state index contributed by atoms with van der Waals surface area (Å²) in [6, 6.07) is 0. The summed E-state index contributed by atoms with van der Waals surface area (Å²) in [6.45, 7) is 3.34. The predicted octanol–water partition coefficient (Wildman–Crippen LogP) is 1.65. The van der Waals surface area contributed by atoms with Crippen molar-refractivity contribution in [3.8, 4) is 0 Å². The SMILES string of the molecule is CCC.O=C(CO)N1CCCC(F)(F)C1. The van der Waals surface area contributed by atoms with Gasteiger partial charge in [-0.3, -0.25) is 4.79 Å². The maximum absolute atomic E-state index is 12.7. The lowest BCUT2D eigenvalue weighted by Crippen LogP contribution is -2.46. The third-order valence-corrected chi connectivity index (χ3v) is 1.88. The normalized spacial score (nSPS) is 19.1. The van der Waals surface area contributed by atoms with Gasteiger partial charge in [0.15, 0.2) is 0 Å². The van der Waals surface area contributed by atoms with Gasteiger partial charge in [0, 0.05) is 13.0 Å². The Bertz CT molecular complexity index is 198. The minimum absolute atomic E-state index is 0.164. The molecule has 15 heavy (non-hydrogen) atoms. The fourth-order valence-corrected chi connectivity index (χ4v) is 1.28. The van der Waals surface area contributed by atoms with Crippen LogP contribution in [0, 0.1) is 0 Å². The molecule has 5 heteroatoms. The monoisotopic (exact) mass is 223 g/mol. The van der Waals surface area contributed by atoms with Crippen LogP contribution in [0.1, 0.15) is 33.1 Å². The zero-order valence-corrected chi connectivity index (χ0v) is 9.30. The molecule has 0 aromatic carbocycles. The Hall–Kier alpha value is -0.710. The Balaban J connectivity index is 0.000000583. The first-order valence-corrected chi connectivity index (χ1v) is 5.23. The molecule has 0 unspecified atom stereocenters. The van der Waals surface area contributed by atoms with Crippen LogP contribution in [0.2, 0.25) is 0 Å². The van der Waals surface area contributed by atoms with Crippen LogP contribution in [0.25, 0.3) is 0 Å². The fraction of sp³-hybridized carbons (Fsp3) is 0.900. The van der Waals surface area contributed by atoms with Crippen molar-refractivity contribution in [3.63, 3.8) is 0 Å². The molecule has 0 radical (unpaired) electrons. The summed E-state index contributed by atoms with van der Waals surface area (Å²) in [6.07, 6.45) is 1.39. The molecular weight excluding hydrogens is 204 g/mol. The standard InChI is InChI=1S/C7H11F2NO2.C3H8/c8-7(9)2-1-3-10(5-7)6(12)4-11;1-3-2/h11H,1-5H2;3H2,1-2H3. The average Bonchev–Trinajstić information content (AvgIpc) is 2.16. The summed E-state index contributed by atoms with van der Waals surface area (Å²) in [5.41, 5.74) is 0. The quantitative estimate of drug-likeness (QED) is 0.734. The Morgan fingerprint density at radius 3 is 2.40 bits per heavy atom. The Labute approximate surface area is 89.1 Å². The van der Waals surface area contributed by atoms with Crippen LogP contribution >= 0.6 is 0 Å². The fourth-order valence-electron chi connectivity index (χ4n) is 1.28. The number of halogens is 2. The molecule has 1 saturated heterocycles. The first-order valence-electron chi connectivity index (χ1n) is 5.23. The Morgan fingerprint density at radius 2 is 2.00 bits per heavy atom. The molecule has 0 atom stereocenters. The van der Waals surface area contributed by atoms with Gasteiger partial charge in [0.2, 0.25) is 5.91 Å². The van der Waals surface area contributed by atoms with Gasteiger partial charge in [0.1, 0.15) is 6.61 Å². The lowest BCUT2D eigenvalue weighted by molar-refractivity contribution is -0.144. The van der Waals surface area contributed by atoms with Crippen molar-refractivity contribution in [2.75, 3.05) is 19.7 Å². The Kier molecular flexibility index (Phi) is 6.40. The first-order chi connectivity index (χ1) is 6.96. The van der Waals surface area contributed by atoms with E-state index in [9.17, 15) is 13.6 Å². The van der Waals surface area contributed by atoms with E-state index in [-0.39, 0.29) is 6.42 Å². The highest BCUT2D eigenvalue weighted by molar-refractivity contribution is 5.77. The second-order valence-corrected chi connectivity index (χ2v) is 3.64. The van der Waals surface area contributed by atoms with Gasteiger partial charge in [-0.25, -0.2) is 8.78 Å². The topological polar surface area (TPSA) is 40.5 Å². The Morgan fingerprint density at radius 1 is 1.47 bits per heavy atom. The van der Waals surface area contributed by atoms with Gasteiger partial charge >= 0.3 is 0 Å². The number of carbonyl (C=O) groups excluding carboxylic acids is 1. The van der Waals surface area contributed by atoms with Gasteiger partial charge in [0.05, 0.1) is 6.54 Å². The number of carbonyl (C=O) groups is 1. The summed E-state index contributed by atoms with van der Waals surface area (Å²) in [5, 5.41) is 8.42. The smallest absolute Gasteiger partial charge is 0.265 e. The van der Waals surface area contributed by atoms with Gasteiger partial charge in [0.25, 0.3) is 5.92 Å². The predicted molar refractivity (Wildman–Crippen MR) is 53.8 cm³/mol. The van der Waals surface area contributed by atoms with E-state index >= 15 is 0 Å². The number of aliphatic hydroxyl groups excluding tert-OH is 1. The number of piperidine rings is 1. The van der Waals surface area contributed by atoms with Gasteiger partial charge in [-0.15, -0.1) is 0 Å². The maximum Gasteiger partial charge on any atom is 0.265 e. The molecule has 0 aromatic rings. The summed E-state index contributed by atoms with van der Waals surface area (Å²) in [7, 11) is 0. The molecule has 1 aliphatic rings. The molecule has 90 valence electrons. The van der Waals surface area contributed by atoms with Crippen LogP contribution in [0.5, 0.6) is 0 Å². The van der Waals surface area contributed by atoms with Crippen molar-refractivity contribution in [1.82, 2.24) is 4.90 Å². The number of hydrogen-bond acceptors (Lipinski definition) is 2. The lowest BCUT2D eigenvalue weighted by atomic mass is 10.1. The van der Waals surface area contributed by atoms with Gasteiger partial charge in [-0.05, 0) is 6.42 Å². The van der Waals surface area contributed by atoms with E-state index in [4.69, 9.17) is 5.11 Å². The van der Waals surface area contributed by atoms with Crippen molar-refractivity contribution < 1.29 is 18.7 Å². The maximum atomic E-state index is 12.7. The number of rotatable bonds is 1. The van der Waals surface area contributed by atoms with E-state index in [1.165, 1.54) is 6.42 Å². The molecule has 0 aliphatic carbocycles. The molecule has 1 amide bonds. The van der Waals surface area contributed by atoms with Crippen LogP contribution in [0.3, 0.4) is 0 Å². The molecule has 1 rings (SSSR count). The van der Waals surface area contributed by atoms with E-state index < -0.39 is 25.0 Å². The van der Waals surface area contributed by atoms with E-state index in [0.717, 1.165) is 4.90 Å². The van der Waals surface area contributed by atoms with E-state index in [0.29, 0.717) is 13.0 Å². The second-order valence-electron chi connectivity index (χ2n) is 3.64. The lowest BCUT2D eigenvalue weighted by Gasteiger charge is -2.31. The van der Waals surface area contributed by atoms with E-state index in [1.54, 1.807) is 0 Å². The highest BCUT2D eigenvalue weighted by Gasteiger charge is 2.36. The van der Waals surface area contributed by atoms with Crippen LogP contribution in [0.15, 0.2) is 0 Å². The molecule has 0 saturated carbocycles. The van der Waals surface area contributed by atoms with Crippen LogP contribution in [-0.4, -0.2) is 41.5 Å². The minimum Gasteiger partial charge on any atom is -0.387 e. The van der Waals surface area contributed by atoms with Crippen LogP contribution in [0.4, 0.5) is 8.78 Å². The van der Waals surface area contributed by atoms with Gasteiger partial charge in [-0.2, -0.15) is 0 Å². The van der Waals surface area contributed by atoms with Gasteiger partial charge in [-0.1, -0.05) is 20.3 Å². The molecule has 0 bridgehead atoms. The number of hydrogen-bond donors (Lipinski definition) is 1. The zero-order chi connectivity index (χ0) is 11.9. The summed E-state index contributed by atoms with van der Waals surface area (Å²) < 4.78 is 25.4. The molecule has 1 N–H and O–H groups in total. The van der Waals surface area contributed by atoms with Crippen molar-refractivity contribution in [2.45, 2.75) is 39.0 Å². The van der Waals surface area contributed by atoms with Crippen LogP contribution < -0.4 is 0 Å². The molecule has 1 heterocycles. The number of amides is 1. The third kappa shape index (κ3) is 5.67. The van der Waals surface area contributed by atoms with Crippen molar-refractivity contribution in [3.05, 3.63) is 0 Å². The second kappa shape index (κ2) is 6.71. The van der Waals surface area contributed by atoms with Crippen LogP contribution in [-0.2, 0) is 4.79 Å². The molecule has 1 fully saturated rings. The average molecular weight is 223 g/mol. The minimum atomic E-state index is -2.77. The molecule has 0 aromatic heterocycles. The van der Waals surface area contributed by atoms with E-state index in [1.807, 2.05) is 0 Å². The first kappa shape index (κ1) is 14.3. The van der Waals surface area contributed by atoms with Crippen molar-refractivity contribution >= 4 is 5.91 Å². The number of nitrogens with zero attached hydrogens (tertiary/aromatic N) is 1. The van der Waals surface area contributed by atoms with E-state index in [2.05, 4.69) is 13.8 Å². The third-order valence-electron chi connectivity index (χ3n) is 1.88. The number of likely N-dealkylation sites (tertiary alicyclic amines) is 1. The summed E-state index contributed by atoms with van der Waals surface area (Å²) in [4.78, 5) is 11.8. The summed E-state index contributed by atoms with van der Waals surface area (Å²) in [5.74, 6) is -3.39. The van der Waals surface area contributed by atoms with Gasteiger partial charge < -0.3 is 10.0 Å². The van der Waals surface area contributed by atoms with Crippen molar-refractivity contribution in [1.29, 1.82) is 0 Å². The number of aliphatic hydroxyl groups is 1.